The van der Waals surface area contributed by atoms with Crippen LogP contribution in [-0.4, -0.2) is 47.9 Å². The summed E-state index contributed by atoms with van der Waals surface area (Å²) in [6.07, 6.45) is 1.81. The number of nitrogens with one attached hydrogen (secondary N) is 3. The van der Waals surface area contributed by atoms with Crippen molar-refractivity contribution in [3.05, 3.63) is 71.3 Å². The van der Waals surface area contributed by atoms with E-state index in [1.165, 1.54) is 6.92 Å². The summed E-state index contributed by atoms with van der Waals surface area (Å²) in [4.78, 5) is 38.8. The van der Waals surface area contributed by atoms with Gasteiger partial charge in [0.2, 0.25) is 11.8 Å². The summed E-state index contributed by atoms with van der Waals surface area (Å²) in [7, 11) is 0. The molecule has 1 heterocycles. The van der Waals surface area contributed by atoms with E-state index in [4.69, 9.17) is 0 Å². The standard InChI is InChI=1S/C25H32N4O3/c1-18-8-6-7-11-21(18)16-23(27-19(2)30)24(31)28-22-12-14-29(15-13-22)25(32)26-17-20-9-4-3-5-10-20/h3-11,22-23H,12-17H2,1-2H3,(H,26,32)(H,27,30)(H,28,31)/t23-/m0/s1. The molecule has 0 spiro atoms. The first-order valence-electron chi connectivity index (χ1n) is 11.1. The number of benzene rings is 2. The zero-order valence-electron chi connectivity index (χ0n) is 18.8. The van der Waals surface area contributed by atoms with E-state index in [0.717, 1.165) is 16.7 Å². The van der Waals surface area contributed by atoms with Crippen LogP contribution in [0.2, 0.25) is 0 Å². The van der Waals surface area contributed by atoms with Gasteiger partial charge in [0.05, 0.1) is 0 Å². The molecule has 0 unspecified atom stereocenters. The second kappa shape index (κ2) is 11.3. The number of likely N-dealkylation sites (tertiary alicyclic amines) is 1. The van der Waals surface area contributed by atoms with E-state index >= 15 is 0 Å². The third kappa shape index (κ3) is 6.83. The number of aryl methyl sites for hydroxylation is 1. The average Bonchev–Trinajstić information content (AvgIpc) is 2.79. The number of carbonyl (C=O) groups excluding carboxylic acids is 3. The molecule has 0 bridgehead atoms. The van der Waals surface area contributed by atoms with Crippen molar-refractivity contribution in [1.29, 1.82) is 0 Å². The molecule has 170 valence electrons. The molecular weight excluding hydrogens is 404 g/mol. The molecule has 0 radical (unpaired) electrons. The van der Waals surface area contributed by atoms with Gasteiger partial charge in [0.25, 0.3) is 0 Å². The van der Waals surface area contributed by atoms with Gasteiger partial charge in [0.1, 0.15) is 6.04 Å². The molecule has 3 N–H and O–H groups in total. The molecule has 1 atom stereocenters. The van der Waals surface area contributed by atoms with Gasteiger partial charge in [0.15, 0.2) is 0 Å². The van der Waals surface area contributed by atoms with Crippen molar-refractivity contribution in [3.63, 3.8) is 0 Å². The average molecular weight is 437 g/mol. The first kappa shape index (κ1) is 23.3. The van der Waals surface area contributed by atoms with E-state index in [-0.39, 0.29) is 23.9 Å². The Morgan fingerprint density at radius 3 is 2.31 bits per heavy atom. The predicted octanol–water partition coefficient (Wildman–Crippen LogP) is 2.53. The first-order valence-corrected chi connectivity index (χ1v) is 11.1. The SMILES string of the molecule is CC(=O)N[C@@H](Cc1ccccc1C)C(=O)NC1CCN(C(=O)NCc2ccccc2)CC1. The normalized spacial score (nSPS) is 15.0. The molecule has 0 saturated carbocycles. The van der Waals surface area contributed by atoms with E-state index in [2.05, 4.69) is 16.0 Å². The van der Waals surface area contributed by atoms with Gasteiger partial charge in [-0.3, -0.25) is 9.59 Å². The van der Waals surface area contributed by atoms with Gasteiger partial charge < -0.3 is 20.9 Å². The van der Waals surface area contributed by atoms with Crippen LogP contribution >= 0.6 is 0 Å². The number of rotatable bonds is 7. The van der Waals surface area contributed by atoms with Gasteiger partial charge >= 0.3 is 6.03 Å². The lowest BCUT2D eigenvalue weighted by Crippen LogP contribution is -2.54. The molecule has 0 aromatic heterocycles. The van der Waals surface area contributed by atoms with Crippen molar-refractivity contribution in [3.8, 4) is 0 Å². The molecule has 2 aromatic rings. The topological polar surface area (TPSA) is 90.5 Å². The maximum Gasteiger partial charge on any atom is 0.317 e. The van der Waals surface area contributed by atoms with E-state index in [1.54, 1.807) is 4.90 Å². The van der Waals surface area contributed by atoms with Crippen LogP contribution in [0.4, 0.5) is 4.79 Å². The van der Waals surface area contributed by atoms with Gasteiger partial charge in [-0.2, -0.15) is 0 Å². The molecule has 1 aliphatic rings. The molecule has 1 saturated heterocycles. The van der Waals surface area contributed by atoms with Crippen LogP contribution in [0.3, 0.4) is 0 Å². The molecule has 0 aliphatic carbocycles. The van der Waals surface area contributed by atoms with E-state index in [0.29, 0.717) is 38.9 Å². The Labute approximate surface area is 189 Å². The number of carbonyl (C=O) groups is 3. The molecule has 7 nitrogen and oxygen atoms in total. The number of amides is 4. The van der Waals surface area contributed by atoms with Crippen LogP contribution in [0.15, 0.2) is 54.6 Å². The summed E-state index contributed by atoms with van der Waals surface area (Å²) >= 11 is 0. The van der Waals surface area contributed by atoms with Crippen LogP contribution in [0.25, 0.3) is 0 Å². The maximum absolute atomic E-state index is 12.9. The van der Waals surface area contributed by atoms with Crippen molar-refractivity contribution in [2.75, 3.05) is 13.1 Å². The minimum absolute atomic E-state index is 0.0196. The summed E-state index contributed by atoms with van der Waals surface area (Å²) in [5.74, 6) is -0.418. The monoisotopic (exact) mass is 436 g/mol. The fraction of sp³-hybridized carbons (Fsp3) is 0.400. The van der Waals surface area contributed by atoms with Crippen LogP contribution in [0, 0.1) is 6.92 Å². The summed E-state index contributed by atoms with van der Waals surface area (Å²) in [5, 5.41) is 8.80. The highest BCUT2D eigenvalue weighted by atomic mass is 16.2. The Morgan fingerprint density at radius 2 is 1.66 bits per heavy atom. The van der Waals surface area contributed by atoms with Gasteiger partial charge in [-0.25, -0.2) is 4.79 Å². The van der Waals surface area contributed by atoms with Gasteiger partial charge in [0, 0.05) is 39.0 Å². The highest BCUT2D eigenvalue weighted by Crippen LogP contribution is 2.13. The number of hydrogen-bond acceptors (Lipinski definition) is 3. The Balaban J connectivity index is 1.48. The van der Waals surface area contributed by atoms with Crippen molar-refractivity contribution in [2.24, 2.45) is 0 Å². The quantitative estimate of drug-likeness (QED) is 0.623. The lowest BCUT2D eigenvalue weighted by atomic mass is 9.99. The summed E-state index contributed by atoms with van der Waals surface area (Å²) < 4.78 is 0. The van der Waals surface area contributed by atoms with Gasteiger partial charge in [-0.1, -0.05) is 54.6 Å². The summed E-state index contributed by atoms with van der Waals surface area (Å²) in [6, 6.07) is 16.9. The number of hydrogen-bond donors (Lipinski definition) is 3. The second-order valence-electron chi connectivity index (χ2n) is 8.30. The Kier molecular flexibility index (Phi) is 8.25. The molecule has 1 aliphatic heterocycles. The molecular formula is C25H32N4O3. The van der Waals surface area contributed by atoms with Crippen LogP contribution in [0.5, 0.6) is 0 Å². The molecule has 1 fully saturated rings. The molecule has 2 aromatic carbocycles. The first-order chi connectivity index (χ1) is 15.4. The molecule has 4 amide bonds. The Morgan fingerprint density at radius 1 is 1.00 bits per heavy atom. The summed E-state index contributed by atoms with van der Waals surface area (Å²) in [5.41, 5.74) is 3.18. The lowest BCUT2D eigenvalue weighted by molar-refractivity contribution is -0.128. The number of urea groups is 1. The zero-order chi connectivity index (χ0) is 22.9. The second-order valence-corrected chi connectivity index (χ2v) is 8.30. The highest BCUT2D eigenvalue weighted by molar-refractivity contribution is 5.87. The number of nitrogens with zero attached hydrogens (tertiary/aromatic N) is 1. The zero-order valence-corrected chi connectivity index (χ0v) is 18.8. The minimum Gasteiger partial charge on any atom is -0.351 e. The largest absolute Gasteiger partial charge is 0.351 e. The Hall–Kier alpha value is -3.35. The van der Waals surface area contributed by atoms with Crippen molar-refractivity contribution in [2.45, 2.75) is 51.7 Å². The highest BCUT2D eigenvalue weighted by Gasteiger charge is 2.27. The number of piperidine rings is 1. The lowest BCUT2D eigenvalue weighted by Gasteiger charge is -2.33. The van der Waals surface area contributed by atoms with Gasteiger partial charge in [-0.05, 0) is 36.5 Å². The fourth-order valence-electron chi connectivity index (χ4n) is 3.93. The van der Waals surface area contributed by atoms with Crippen molar-refractivity contribution < 1.29 is 14.4 Å². The third-order valence-electron chi connectivity index (χ3n) is 5.79. The fourth-order valence-corrected chi connectivity index (χ4v) is 3.93. The molecule has 7 heteroatoms. The molecule has 32 heavy (non-hydrogen) atoms. The van der Waals surface area contributed by atoms with Crippen LogP contribution in [0.1, 0.15) is 36.5 Å². The van der Waals surface area contributed by atoms with E-state index < -0.39 is 6.04 Å². The van der Waals surface area contributed by atoms with Crippen LogP contribution in [-0.2, 0) is 22.6 Å². The summed E-state index contributed by atoms with van der Waals surface area (Å²) in [6.45, 7) is 5.07. The van der Waals surface area contributed by atoms with Crippen LogP contribution < -0.4 is 16.0 Å². The van der Waals surface area contributed by atoms with Gasteiger partial charge in [-0.15, -0.1) is 0 Å². The molecule has 3 rings (SSSR count). The van der Waals surface area contributed by atoms with Crippen molar-refractivity contribution >= 4 is 17.8 Å². The smallest absolute Gasteiger partial charge is 0.317 e. The minimum atomic E-state index is -0.624. The Bertz CT molecular complexity index is 924. The van der Waals surface area contributed by atoms with E-state index in [9.17, 15) is 14.4 Å². The van der Waals surface area contributed by atoms with Crippen molar-refractivity contribution in [1.82, 2.24) is 20.9 Å². The third-order valence-corrected chi connectivity index (χ3v) is 5.79. The maximum atomic E-state index is 12.9. The van der Waals surface area contributed by atoms with E-state index in [1.807, 2.05) is 61.5 Å². The predicted molar refractivity (Wildman–Crippen MR) is 124 cm³/mol.